The molecule has 4 atom stereocenters. The minimum atomic E-state index is -0.960. The molecular weight excluding hydrogens is 514 g/mol. The maximum absolute atomic E-state index is 14.7. The second-order valence-corrected chi connectivity index (χ2v) is 11.0. The Bertz CT molecular complexity index is 1550. The lowest BCUT2D eigenvalue weighted by atomic mass is 9.73. The van der Waals surface area contributed by atoms with E-state index < -0.39 is 12.0 Å². The fraction of sp³-hybridized carbons (Fsp3) is 0.154. The van der Waals surface area contributed by atoms with Crippen LogP contribution in [-0.4, -0.2) is 28.1 Å². The zero-order chi connectivity index (χ0) is 28.7. The van der Waals surface area contributed by atoms with Gasteiger partial charge in [0.1, 0.15) is 0 Å². The molecule has 3 nitrogen and oxygen atoms in total. The molecule has 1 heterocycles. The number of carbonyl (C=O) groups excluding carboxylic acids is 1. The molecule has 0 aliphatic carbocycles. The summed E-state index contributed by atoms with van der Waals surface area (Å²) < 4.78 is 0. The van der Waals surface area contributed by atoms with Gasteiger partial charge in [-0.2, -0.15) is 0 Å². The first kappa shape index (κ1) is 27.4. The standard InChI is InChI=1S/C39H35NO2/c41-34(27-26-29-16-6-1-7-17-29)37-36(33-24-14-5-15-25-33)38(40(39(37)42)28-30-18-8-2-9-19-30)35(31-20-10-3-11-21-31)32-22-12-4-13-23-32/h1-27,34-38,41H,28H2/b27-26+/t34-,36+,37+,38-/m1/s1. The number of benzene rings is 5. The van der Waals surface area contributed by atoms with Gasteiger partial charge in [-0.05, 0) is 27.8 Å². The maximum atomic E-state index is 14.7. The van der Waals surface area contributed by atoms with Gasteiger partial charge < -0.3 is 10.0 Å². The van der Waals surface area contributed by atoms with Gasteiger partial charge in [0.25, 0.3) is 0 Å². The Morgan fingerprint density at radius 3 is 1.67 bits per heavy atom. The van der Waals surface area contributed by atoms with Crippen LogP contribution in [0.15, 0.2) is 158 Å². The van der Waals surface area contributed by atoms with Gasteiger partial charge in [0, 0.05) is 18.4 Å². The Kier molecular flexibility index (Phi) is 8.39. The van der Waals surface area contributed by atoms with Crippen LogP contribution in [0.4, 0.5) is 0 Å². The number of carbonyl (C=O) groups is 1. The van der Waals surface area contributed by atoms with Crippen molar-refractivity contribution in [2.24, 2.45) is 5.92 Å². The Balaban J connectivity index is 1.52. The summed E-state index contributed by atoms with van der Waals surface area (Å²) in [6.07, 6.45) is 2.75. The monoisotopic (exact) mass is 549 g/mol. The van der Waals surface area contributed by atoms with Crippen molar-refractivity contribution in [2.75, 3.05) is 0 Å². The molecule has 0 aromatic heterocycles. The fourth-order valence-electron chi connectivity index (χ4n) is 6.49. The van der Waals surface area contributed by atoms with Gasteiger partial charge in [-0.3, -0.25) is 4.79 Å². The number of hydrogen-bond acceptors (Lipinski definition) is 2. The molecule has 42 heavy (non-hydrogen) atoms. The van der Waals surface area contributed by atoms with Crippen LogP contribution in [0.1, 0.15) is 39.7 Å². The van der Waals surface area contributed by atoms with Crippen LogP contribution in [0.5, 0.6) is 0 Å². The molecule has 1 aliphatic rings. The van der Waals surface area contributed by atoms with Crippen LogP contribution in [0.2, 0.25) is 0 Å². The lowest BCUT2D eigenvalue weighted by Gasteiger charge is -2.36. The molecule has 6 rings (SSSR count). The van der Waals surface area contributed by atoms with E-state index in [1.54, 1.807) is 6.08 Å². The number of amides is 1. The molecule has 0 spiro atoms. The Morgan fingerprint density at radius 1 is 0.643 bits per heavy atom. The number of likely N-dealkylation sites (tertiary alicyclic amines) is 1. The fourth-order valence-corrected chi connectivity index (χ4v) is 6.49. The zero-order valence-corrected chi connectivity index (χ0v) is 23.5. The van der Waals surface area contributed by atoms with Gasteiger partial charge in [0.2, 0.25) is 5.91 Å². The van der Waals surface area contributed by atoms with E-state index in [1.165, 1.54) is 0 Å². The first-order chi connectivity index (χ1) is 20.7. The normalized spacial score (nSPS) is 19.4. The number of nitrogens with zero attached hydrogens (tertiary/aromatic N) is 1. The SMILES string of the molecule is O=C1[C@@H]([C@H](O)/C=C/c2ccccc2)[C@H](c2ccccc2)[C@@H](C(c2ccccc2)c2ccccc2)N1Cc1ccccc1. The highest BCUT2D eigenvalue weighted by molar-refractivity contribution is 5.85. The summed E-state index contributed by atoms with van der Waals surface area (Å²) in [6, 6.07) is 51.1. The lowest BCUT2D eigenvalue weighted by Crippen LogP contribution is -2.39. The van der Waals surface area contributed by atoms with E-state index in [9.17, 15) is 9.90 Å². The molecule has 5 aromatic carbocycles. The molecule has 1 saturated heterocycles. The van der Waals surface area contributed by atoms with Crippen molar-refractivity contribution < 1.29 is 9.90 Å². The van der Waals surface area contributed by atoms with Crippen LogP contribution in [0, 0.1) is 5.92 Å². The van der Waals surface area contributed by atoms with Crippen LogP contribution in [-0.2, 0) is 11.3 Å². The number of rotatable bonds is 9. The smallest absolute Gasteiger partial charge is 0.229 e. The molecule has 1 amide bonds. The molecule has 0 saturated carbocycles. The summed E-state index contributed by atoms with van der Waals surface area (Å²) in [5.74, 6) is -1.01. The highest BCUT2D eigenvalue weighted by Crippen LogP contribution is 2.49. The van der Waals surface area contributed by atoms with Crippen LogP contribution < -0.4 is 0 Å². The maximum Gasteiger partial charge on any atom is 0.229 e. The average molecular weight is 550 g/mol. The van der Waals surface area contributed by atoms with E-state index in [0.717, 1.165) is 27.8 Å². The second-order valence-electron chi connectivity index (χ2n) is 11.0. The number of hydrogen-bond donors (Lipinski definition) is 1. The second kappa shape index (κ2) is 12.8. The predicted octanol–water partition coefficient (Wildman–Crippen LogP) is 7.70. The van der Waals surface area contributed by atoms with Crippen LogP contribution in [0.3, 0.4) is 0 Å². The van der Waals surface area contributed by atoms with Crippen molar-refractivity contribution in [3.05, 3.63) is 186 Å². The van der Waals surface area contributed by atoms with E-state index in [1.807, 2.05) is 89.8 Å². The Hall–Kier alpha value is -4.73. The highest BCUT2D eigenvalue weighted by Gasteiger charge is 2.53. The minimum Gasteiger partial charge on any atom is -0.388 e. The van der Waals surface area contributed by atoms with Crippen molar-refractivity contribution in [3.8, 4) is 0 Å². The lowest BCUT2D eigenvalue weighted by molar-refractivity contribution is -0.134. The molecular formula is C39H35NO2. The van der Waals surface area contributed by atoms with Crippen LogP contribution >= 0.6 is 0 Å². The van der Waals surface area contributed by atoms with Gasteiger partial charge in [-0.1, -0.05) is 164 Å². The van der Waals surface area contributed by atoms with E-state index in [0.29, 0.717) is 6.54 Å². The largest absolute Gasteiger partial charge is 0.388 e. The van der Waals surface area contributed by atoms with Crippen molar-refractivity contribution in [2.45, 2.75) is 30.5 Å². The summed E-state index contributed by atoms with van der Waals surface area (Å²) in [7, 11) is 0. The molecule has 1 fully saturated rings. The third-order valence-electron chi connectivity index (χ3n) is 8.38. The summed E-state index contributed by atoms with van der Waals surface area (Å²) in [5.41, 5.74) is 5.41. The molecule has 5 aromatic rings. The summed E-state index contributed by atoms with van der Waals surface area (Å²) in [4.78, 5) is 16.7. The van der Waals surface area contributed by atoms with Crippen molar-refractivity contribution in [1.82, 2.24) is 4.90 Å². The van der Waals surface area contributed by atoms with Gasteiger partial charge in [-0.15, -0.1) is 0 Å². The highest BCUT2D eigenvalue weighted by atomic mass is 16.3. The number of aliphatic hydroxyl groups excluding tert-OH is 1. The molecule has 3 heteroatoms. The summed E-state index contributed by atoms with van der Waals surface area (Å²) >= 11 is 0. The van der Waals surface area contributed by atoms with Gasteiger partial charge in [0.15, 0.2) is 0 Å². The van der Waals surface area contributed by atoms with E-state index in [2.05, 4.69) is 72.8 Å². The van der Waals surface area contributed by atoms with Crippen molar-refractivity contribution in [3.63, 3.8) is 0 Å². The predicted molar refractivity (Wildman–Crippen MR) is 170 cm³/mol. The van der Waals surface area contributed by atoms with E-state index >= 15 is 0 Å². The molecule has 1 N–H and O–H groups in total. The van der Waals surface area contributed by atoms with Gasteiger partial charge >= 0.3 is 0 Å². The third kappa shape index (κ3) is 5.83. The first-order valence-corrected chi connectivity index (χ1v) is 14.6. The molecule has 1 aliphatic heterocycles. The van der Waals surface area contributed by atoms with Crippen LogP contribution in [0.25, 0.3) is 6.08 Å². The molecule has 0 radical (unpaired) electrons. The first-order valence-electron chi connectivity index (χ1n) is 14.6. The summed E-state index contributed by atoms with van der Waals surface area (Å²) in [5, 5.41) is 11.8. The molecule has 208 valence electrons. The molecule has 0 bridgehead atoms. The van der Waals surface area contributed by atoms with Crippen molar-refractivity contribution in [1.29, 1.82) is 0 Å². The Morgan fingerprint density at radius 2 is 1.12 bits per heavy atom. The van der Waals surface area contributed by atoms with Gasteiger partial charge in [0.05, 0.1) is 18.1 Å². The van der Waals surface area contributed by atoms with E-state index in [4.69, 9.17) is 0 Å². The molecule has 0 unspecified atom stereocenters. The van der Waals surface area contributed by atoms with Gasteiger partial charge in [-0.25, -0.2) is 0 Å². The average Bonchev–Trinajstić information content (AvgIpc) is 3.33. The minimum absolute atomic E-state index is 0.0280. The number of aliphatic hydroxyl groups is 1. The topological polar surface area (TPSA) is 40.5 Å². The zero-order valence-electron chi connectivity index (χ0n) is 23.5. The Labute approximate surface area is 248 Å². The quantitative estimate of drug-likeness (QED) is 0.205. The van der Waals surface area contributed by atoms with Crippen molar-refractivity contribution >= 4 is 12.0 Å². The summed E-state index contributed by atoms with van der Waals surface area (Å²) in [6.45, 7) is 0.468. The third-order valence-corrected chi connectivity index (χ3v) is 8.38. The van der Waals surface area contributed by atoms with E-state index in [-0.39, 0.29) is 23.8 Å².